The molecule has 0 aliphatic heterocycles. The van der Waals surface area contributed by atoms with Gasteiger partial charge < -0.3 is 10.1 Å². The van der Waals surface area contributed by atoms with Crippen LogP contribution in [0.2, 0.25) is 0 Å². The molecule has 2 nitrogen and oxygen atoms in total. The summed E-state index contributed by atoms with van der Waals surface area (Å²) >= 11 is 1.88. The van der Waals surface area contributed by atoms with E-state index in [1.165, 1.54) is 11.3 Å². The molecule has 0 spiro atoms. The van der Waals surface area contributed by atoms with Gasteiger partial charge in [0, 0.05) is 6.04 Å². The van der Waals surface area contributed by atoms with Crippen molar-refractivity contribution in [2.45, 2.75) is 32.4 Å². The monoisotopic (exact) mass is 253 g/mol. The van der Waals surface area contributed by atoms with Crippen LogP contribution in [0.1, 0.15) is 31.9 Å². The minimum Gasteiger partial charge on any atom is -0.491 e. The Kier molecular flexibility index (Phi) is 6.45. The summed E-state index contributed by atoms with van der Waals surface area (Å²) in [5.74, 6) is 2.13. The van der Waals surface area contributed by atoms with Crippen molar-refractivity contribution in [3.63, 3.8) is 0 Å². The third-order valence-electron chi connectivity index (χ3n) is 2.59. The average Bonchev–Trinajstić information content (AvgIpc) is 2.30. The first-order valence-corrected chi connectivity index (χ1v) is 7.49. The van der Waals surface area contributed by atoms with Gasteiger partial charge in [-0.15, -0.1) is 0 Å². The highest BCUT2D eigenvalue weighted by molar-refractivity contribution is 7.98. The molecule has 1 aromatic rings. The van der Waals surface area contributed by atoms with Gasteiger partial charge in [-0.25, -0.2) is 0 Å². The number of nitrogens with one attached hydrogen (secondary N) is 1. The molecule has 17 heavy (non-hydrogen) atoms. The van der Waals surface area contributed by atoms with Crippen LogP contribution in [0, 0.1) is 0 Å². The number of hydrogen-bond donors (Lipinski definition) is 1. The van der Waals surface area contributed by atoms with E-state index >= 15 is 0 Å². The smallest absolute Gasteiger partial charge is 0.120 e. The molecule has 1 aromatic carbocycles. The van der Waals surface area contributed by atoms with Crippen LogP contribution in [0.4, 0.5) is 0 Å². The number of rotatable bonds is 7. The second-order valence-corrected chi connectivity index (χ2v) is 5.35. The van der Waals surface area contributed by atoms with Gasteiger partial charge in [0.05, 0.1) is 6.10 Å². The average molecular weight is 253 g/mol. The van der Waals surface area contributed by atoms with E-state index in [4.69, 9.17) is 4.74 Å². The summed E-state index contributed by atoms with van der Waals surface area (Å²) in [6, 6.07) is 8.80. The maximum atomic E-state index is 5.72. The van der Waals surface area contributed by atoms with E-state index in [9.17, 15) is 0 Å². The van der Waals surface area contributed by atoms with Gasteiger partial charge >= 0.3 is 0 Å². The zero-order chi connectivity index (χ0) is 12.7. The molecule has 0 aliphatic carbocycles. The maximum absolute atomic E-state index is 5.72. The molecule has 0 saturated carbocycles. The van der Waals surface area contributed by atoms with E-state index < -0.39 is 0 Å². The lowest BCUT2D eigenvalue weighted by Crippen LogP contribution is -2.17. The Morgan fingerprint density at radius 3 is 2.71 bits per heavy atom. The lowest BCUT2D eigenvalue weighted by atomic mass is 10.0. The van der Waals surface area contributed by atoms with E-state index in [0.29, 0.717) is 6.04 Å². The van der Waals surface area contributed by atoms with E-state index in [0.717, 1.165) is 12.2 Å². The van der Waals surface area contributed by atoms with Crippen LogP contribution in [-0.4, -0.2) is 25.2 Å². The highest BCUT2D eigenvalue weighted by Gasteiger charge is 2.09. The first kappa shape index (κ1) is 14.4. The van der Waals surface area contributed by atoms with Crippen molar-refractivity contribution in [2.75, 3.05) is 19.1 Å². The maximum Gasteiger partial charge on any atom is 0.120 e. The Labute approximate surface area is 109 Å². The lowest BCUT2D eigenvalue weighted by molar-refractivity contribution is 0.242. The predicted molar refractivity (Wildman–Crippen MR) is 77.0 cm³/mol. The van der Waals surface area contributed by atoms with Gasteiger partial charge in [0.2, 0.25) is 0 Å². The quantitative estimate of drug-likeness (QED) is 0.804. The minimum atomic E-state index is 0.226. The molecule has 0 bridgehead atoms. The first-order chi connectivity index (χ1) is 8.17. The summed E-state index contributed by atoms with van der Waals surface area (Å²) in [5.41, 5.74) is 1.31. The third kappa shape index (κ3) is 5.00. The van der Waals surface area contributed by atoms with Gasteiger partial charge in [0.25, 0.3) is 0 Å². The van der Waals surface area contributed by atoms with Gasteiger partial charge in [0.15, 0.2) is 0 Å². The van der Waals surface area contributed by atoms with Crippen LogP contribution in [0.3, 0.4) is 0 Å². The van der Waals surface area contributed by atoms with Crippen molar-refractivity contribution in [3.8, 4) is 5.75 Å². The van der Waals surface area contributed by atoms with Gasteiger partial charge in [-0.2, -0.15) is 11.8 Å². The highest BCUT2D eigenvalue weighted by Crippen LogP contribution is 2.23. The Balaban J connectivity index is 2.73. The Bertz CT molecular complexity index is 328. The van der Waals surface area contributed by atoms with Crippen molar-refractivity contribution >= 4 is 11.8 Å². The number of hydrogen-bond acceptors (Lipinski definition) is 3. The first-order valence-electron chi connectivity index (χ1n) is 6.10. The Morgan fingerprint density at radius 2 is 2.12 bits per heavy atom. The van der Waals surface area contributed by atoms with Crippen molar-refractivity contribution < 1.29 is 4.74 Å². The summed E-state index contributed by atoms with van der Waals surface area (Å²) in [7, 11) is 2.01. The molecular weight excluding hydrogens is 230 g/mol. The van der Waals surface area contributed by atoms with Crippen LogP contribution in [0.15, 0.2) is 24.3 Å². The van der Waals surface area contributed by atoms with Crippen molar-refractivity contribution in [1.29, 1.82) is 0 Å². The molecule has 0 amide bonds. The van der Waals surface area contributed by atoms with Crippen molar-refractivity contribution in [1.82, 2.24) is 5.32 Å². The summed E-state index contributed by atoms with van der Waals surface area (Å²) in [6.45, 7) is 4.10. The Morgan fingerprint density at radius 1 is 1.35 bits per heavy atom. The molecule has 0 heterocycles. The molecule has 1 unspecified atom stereocenters. The predicted octanol–water partition coefficient (Wildman–Crippen LogP) is 3.49. The van der Waals surface area contributed by atoms with Gasteiger partial charge in [-0.1, -0.05) is 12.1 Å². The van der Waals surface area contributed by atoms with Crippen LogP contribution < -0.4 is 10.1 Å². The van der Waals surface area contributed by atoms with Crippen LogP contribution >= 0.6 is 11.8 Å². The standard InChI is InChI=1S/C14H23NOS/c1-11(2)16-13-7-5-6-12(10-13)14(15-3)8-9-17-4/h5-7,10-11,14-15H,8-9H2,1-4H3. The Hall–Kier alpha value is -0.670. The minimum absolute atomic E-state index is 0.226. The second kappa shape index (κ2) is 7.62. The molecule has 3 heteroatoms. The molecule has 1 N–H and O–H groups in total. The van der Waals surface area contributed by atoms with E-state index in [2.05, 4.69) is 43.6 Å². The molecule has 0 saturated heterocycles. The van der Waals surface area contributed by atoms with Gasteiger partial charge in [-0.05, 0) is 57.0 Å². The fourth-order valence-corrected chi connectivity index (χ4v) is 2.26. The van der Waals surface area contributed by atoms with E-state index in [-0.39, 0.29) is 6.10 Å². The lowest BCUT2D eigenvalue weighted by Gasteiger charge is -2.18. The van der Waals surface area contributed by atoms with Crippen molar-refractivity contribution in [3.05, 3.63) is 29.8 Å². The van der Waals surface area contributed by atoms with Crippen LogP contribution in [0.25, 0.3) is 0 Å². The van der Waals surface area contributed by atoms with Gasteiger partial charge in [-0.3, -0.25) is 0 Å². The molecule has 0 fully saturated rings. The summed E-state index contributed by atoms with van der Waals surface area (Å²) in [5, 5.41) is 3.36. The fraction of sp³-hybridized carbons (Fsp3) is 0.571. The normalized spacial score (nSPS) is 12.8. The molecule has 0 radical (unpaired) electrons. The molecule has 1 rings (SSSR count). The van der Waals surface area contributed by atoms with E-state index in [1.807, 2.05) is 24.9 Å². The molecule has 96 valence electrons. The largest absolute Gasteiger partial charge is 0.491 e. The van der Waals surface area contributed by atoms with Gasteiger partial charge in [0.1, 0.15) is 5.75 Å². The van der Waals surface area contributed by atoms with Crippen molar-refractivity contribution in [2.24, 2.45) is 0 Å². The molecule has 0 aliphatic rings. The van der Waals surface area contributed by atoms with Crippen LogP contribution in [-0.2, 0) is 0 Å². The topological polar surface area (TPSA) is 21.3 Å². The molecule has 0 aromatic heterocycles. The van der Waals surface area contributed by atoms with E-state index in [1.54, 1.807) is 0 Å². The van der Waals surface area contributed by atoms with Crippen LogP contribution in [0.5, 0.6) is 5.75 Å². The molecular formula is C14H23NOS. The summed E-state index contributed by atoms with van der Waals surface area (Å²) in [4.78, 5) is 0. The number of benzene rings is 1. The molecule has 1 atom stereocenters. The summed E-state index contributed by atoms with van der Waals surface area (Å²) in [6.07, 6.45) is 3.51. The fourth-order valence-electron chi connectivity index (χ4n) is 1.79. The highest BCUT2D eigenvalue weighted by atomic mass is 32.2. The second-order valence-electron chi connectivity index (χ2n) is 4.36. The number of thioether (sulfide) groups is 1. The zero-order valence-corrected chi connectivity index (χ0v) is 12.0. The SMILES string of the molecule is CNC(CCSC)c1cccc(OC(C)C)c1. The third-order valence-corrected chi connectivity index (χ3v) is 3.24. The number of ether oxygens (including phenoxy) is 1. The summed E-state index contributed by atoms with van der Waals surface area (Å²) < 4.78 is 5.72. The zero-order valence-electron chi connectivity index (χ0n) is 11.2.